The number of nitrogens with one attached hydrogen (secondary N) is 1. The highest BCUT2D eigenvalue weighted by Gasteiger charge is 2.15. The van der Waals surface area contributed by atoms with E-state index in [1.807, 2.05) is 32.6 Å². The molecule has 0 amide bonds. The molecule has 1 heterocycles. The predicted octanol–water partition coefficient (Wildman–Crippen LogP) is 1.80. The smallest absolute Gasteiger partial charge is 0.231 e. The number of aromatic nitrogens is 3. The molecule has 0 radical (unpaired) electrons. The molecule has 0 aliphatic heterocycles. The van der Waals surface area contributed by atoms with Crippen molar-refractivity contribution < 1.29 is 5.11 Å². The molecular formula is C12H22ClN5O. The molecule has 19 heavy (non-hydrogen) atoms. The summed E-state index contributed by atoms with van der Waals surface area (Å²) in [7, 11) is 0. The van der Waals surface area contributed by atoms with Crippen LogP contribution in [0, 0.1) is 5.92 Å². The van der Waals surface area contributed by atoms with Crippen molar-refractivity contribution in [3.63, 3.8) is 0 Å². The molecule has 7 heteroatoms. The number of nitrogens with zero attached hydrogens (tertiary/aromatic N) is 4. The Kier molecular flexibility index (Phi) is 6.24. The average molecular weight is 288 g/mol. The molecule has 1 aromatic rings. The molecule has 2 atom stereocenters. The van der Waals surface area contributed by atoms with Crippen LogP contribution in [0.5, 0.6) is 0 Å². The number of aliphatic hydroxyl groups is 1. The van der Waals surface area contributed by atoms with Gasteiger partial charge < -0.3 is 15.3 Å². The fourth-order valence-electron chi connectivity index (χ4n) is 1.56. The maximum atomic E-state index is 9.13. The van der Waals surface area contributed by atoms with Crippen molar-refractivity contribution in [3.05, 3.63) is 5.28 Å². The lowest BCUT2D eigenvalue weighted by molar-refractivity contribution is 0.226. The molecule has 2 unspecified atom stereocenters. The quantitative estimate of drug-likeness (QED) is 0.797. The zero-order valence-corrected chi connectivity index (χ0v) is 12.6. The van der Waals surface area contributed by atoms with Crippen LogP contribution in [-0.2, 0) is 0 Å². The lowest BCUT2D eigenvalue weighted by Gasteiger charge is -2.21. The van der Waals surface area contributed by atoms with Crippen LogP contribution in [0.1, 0.15) is 27.7 Å². The Morgan fingerprint density at radius 2 is 1.84 bits per heavy atom. The number of anilines is 2. The zero-order chi connectivity index (χ0) is 14.4. The van der Waals surface area contributed by atoms with E-state index in [0.717, 1.165) is 13.1 Å². The number of hydrogen-bond acceptors (Lipinski definition) is 6. The van der Waals surface area contributed by atoms with Crippen LogP contribution in [0.2, 0.25) is 5.28 Å². The largest absolute Gasteiger partial charge is 0.396 e. The van der Waals surface area contributed by atoms with Crippen LogP contribution in [0.4, 0.5) is 11.9 Å². The molecule has 1 aromatic heterocycles. The summed E-state index contributed by atoms with van der Waals surface area (Å²) in [6.07, 6.45) is 0. The summed E-state index contributed by atoms with van der Waals surface area (Å²) in [5.41, 5.74) is 0. The molecule has 1 rings (SSSR count). The van der Waals surface area contributed by atoms with E-state index >= 15 is 0 Å². The molecule has 0 aliphatic rings. The first kappa shape index (κ1) is 15.9. The third-order valence-electron chi connectivity index (χ3n) is 3.14. The summed E-state index contributed by atoms with van der Waals surface area (Å²) in [6, 6.07) is 0.0491. The Hall–Kier alpha value is -1.14. The maximum absolute atomic E-state index is 9.13. The van der Waals surface area contributed by atoms with Crippen LogP contribution < -0.4 is 10.2 Å². The van der Waals surface area contributed by atoms with Crippen LogP contribution in [-0.4, -0.2) is 45.8 Å². The first-order chi connectivity index (χ1) is 9.01. The highest BCUT2D eigenvalue weighted by molar-refractivity contribution is 6.28. The minimum atomic E-state index is 0.0491. The summed E-state index contributed by atoms with van der Waals surface area (Å²) in [5, 5.41) is 12.4. The van der Waals surface area contributed by atoms with Gasteiger partial charge >= 0.3 is 0 Å². The first-order valence-electron chi connectivity index (χ1n) is 6.55. The summed E-state index contributed by atoms with van der Waals surface area (Å²) in [6.45, 7) is 9.70. The van der Waals surface area contributed by atoms with E-state index in [0.29, 0.717) is 11.9 Å². The van der Waals surface area contributed by atoms with E-state index in [4.69, 9.17) is 16.7 Å². The van der Waals surface area contributed by atoms with E-state index in [-0.39, 0.29) is 23.9 Å². The third-order valence-corrected chi connectivity index (χ3v) is 3.31. The van der Waals surface area contributed by atoms with Gasteiger partial charge in [0.15, 0.2) is 0 Å². The van der Waals surface area contributed by atoms with Gasteiger partial charge in [-0.25, -0.2) is 0 Å². The Bertz CT molecular complexity index is 400. The first-order valence-corrected chi connectivity index (χ1v) is 6.93. The van der Waals surface area contributed by atoms with Crippen molar-refractivity contribution in [1.82, 2.24) is 15.0 Å². The fourth-order valence-corrected chi connectivity index (χ4v) is 1.71. The highest BCUT2D eigenvalue weighted by atomic mass is 35.5. The normalized spacial score (nSPS) is 14.0. The molecule has 2 N–H and O–H groups in total. The van der Waals surface area contributed by atoms with Gasteiger partial charge in [-0.1, -0.05) is 6.92 Å². The van der Waals surface area contributed by atoms with Gasteiger partial charge in [0, 0.05) is 25.7 Å². The standard InChI is InChI=1S/C12H22ClN5O/c1-5-18(6-2)12-16-10(13)15-11(17-12)14-9(4)8(3)7-19/h8-9,19H,5-7H2,1-4H3,(H,14,15,16,17). The summed E-state index contributed by atoms with van der Waals surface area (Å²) in [5.74, 6) is 1.11. The molecule has 0 aliphatic carbocycles. The van der Waals surface area contributed by atoms with Crippen molar-refractivity contribution in [1.29, 1.82) is 0 Å². The van der Waals surface area contributed by atoms with Gasteiger partial charge in [0.2, 0.25) is 17.2 Å². The van der Waals surface area contributed by atoms with Crippen molar-refractivity contribution in [2.45, 2.75) is 33.7 Å². The Morgan fingerprint density at radius 1 is 1.21 bits per heavy atom. The lowest BCUT2D eigenvalue weighted by atomic mass is 10.1. The van der Waals surface area contributed by atoms with Crippen molar-refractivity contribution in [2.75, 3.05) is 29.9 Å². The van der Waals surface area contributed by atoms with Crippen LogP contribution >= 0.6 is 11.6 Å². The van der Waals surface area contributed by atoms with Gasteiger partial charge in [0.1, 0.15) is 0 Å². The second-order valence-electron chi connectivity index (χ2n) is 4.49. The van der Waals surface area contributed by atoms with Crippen LogP contribution in [0.3, 0.4) is 0 Å². The minimum Gasteiger partial charge on any atom is -0.396 e. The number of halogens is 1. The Labute approximate surface area is 119 Å². The van der Waals surface area contributed by atoms with E-state index in [1.54, 1.807) is 0 Å². The van der Waals surface area contributed by atoms with E-state index in [1.165, 1.54) is 0 Å². The average Bonchev–Trinajstić information content (AvgIpc) is 2.38. The van der Waals surface area contributed by atoms with Crippen LogP contribution in [0.15, 0.2) is 0 Å². The number of aliphatic hydroxyl groups excluding tert-OH is 1. The van der Waals surface area contributed by atoms with Crippen molar-refractivity contribution in [3.8, 4) is 0 Å². The van der Waals surface area contributed by atoms with Gasteiger partial charge in [0.05, 0.1) is 0 Å². The fraction of sp³-hybridized carbons (Fsp3) is 0.750. The van der Waals surface area contributed by atoms with E-state index in [2.05, 4.69) is 20.3 Å². The molecule has 0 saturated heterocycles. The van der Waals surface area contributed by atoms with E-state index < -0.39 is 0 Å². The molecule has 0 fully saturated rings. The second-order valence-corrected chi connectivity index (χ2v) is 4.83. The van der Waals surface area contributed by atoms with Gasteiger partial charge in [-0.2, -0.15) is 15.0 Å². The van der Waals surface area contributed by atoms with Crippen LogP contribution in [0.25, 0.3) is 0 Å². The number of rotatable bonds is 7. The van der Waals surface area contributed by atoms with Gasteiger partial charge in [-0.15, -0.1) is 0 Å². The van der Waals surface area contributed by atoms with Gasteiger partial charge in [-0.05, 0) is 38.3 Å². The molecule has 0 bridgehead atoms. The summed E-state index contributed by atoms with van der Waals surface area (Å²) in [4.78, 5) is 14.6. The summed E-state index contributed by atoms with van der Waals surface area (Å²) < 4.78 is 0. The Morgan fingerprint density at radius 3 is 2.37 bits per heavy atom. The monoisotopic (exact) mass is 287 g/mol. The third kappa shape index (κ3) is 4.47. The van der Waals surface area contributed by atoms with Crippen molar-refractivity contribution >= 4 is 23.5 Å². The lowest BCUT2D eigenvalue weighted by Crippen LogP contribution is -2.29. The number of hydrogen-bond donors (Lipinski definition) is 2. The maximum Gasteiger partial charge on any atom is 0.231 e. The predicted molar refractivity (Wildman–Crippen MR) is 77.7 cm³/mol. The molecule has 0 aromatic carbocycles. The SMILES string of the molecule is CCN(CC)c1nc(Cl)nc(NC(C)C(C)CO)n1. The zero-order valence-electron chi connectivity index (χ0n) is 11.9. The Balaban J connectivity index is 2.90. The molecule has 0 saturated carbocycles. The molecule has 0 spiro atoms. The van der Waals surface area contributed by atoms with E-state index in [9.17, 15) is 0 Å². The minimum absolute atomic E-state index is 0.0491. The molecular weight excluding hydrogens is 266 g/mol. The van der Waals surface area contributed by atoms with Crippen molar-refractivity contribution in [2.24, 2.45) is 5.92 Å². The molecule has 6 nitrogen and oxygen atoms in total. The molecule has 108 valence electrons. The van der Waals surface area contributed by atoms with Gasteiger partial charge in [-0.3, -0.25) is 0 Å². The summed E-state index contributed by atoms with van der Waals surface area (Å²) >= 11 is 5.93. The second kappa shape index (κ2) is 7.45. The van der Waals surface area contributed by atoms with Gasteiger partial charge in [0.25, 0.3) is 0 Å². The highest BCUT2D eigenvalue weighted by Crippen LogP contribution is 2.15. The topological polar surface area (TPSA) is 74.2 Å².